The maximum absolute atomic E-state index is 12.5. The lowest BCUT2D eigenvalue weighted by Gasteiger charge is -2.31. The summed E-state index contributed by atoms with van der Waals surface area (Å²) in [5.74, 6) is 1.78. The second-order valence-corrected chi connectivity index (χ2v) is 5.98. The van der Waals surface area contributed by atoms with Gasteiger partial charge in [-0.05, 0) is 43.2 Å². The zero-order valence-electron chi connectivity index (χ0n) is 13.2. The molecule has 2 atom stereocenters. The molecule has 1 saturated carbocycles. The minimum Gasteiger partial charge on any atom is -0.496 e. The number of rotatable bonds is 4. The van der Waals surface area contributed by atoms with E-state index in [-0.39, 0.29) is 12.1 Å². The highest BCUT2D eigenvalue weighted by atomic mass is 16.5. The third kappa shape index (κ3) is 3.69. The topological polar surface area (TPSA) is 44.8 Å². The van der Waals surface area contributed by atoms with Crippen molar-refractivity contribution >= 4 is 5.97 Å². The van der Waals surface area contributed by atoms with E-state index in [0.717, 1.165) is 12.8 Å². The number of benzene rings is 1. The van der Waals surface area contributed by atoms with Crippen molar-refractivity contribution in [2.24, 2.45) is 11.8 Å². The zero-order chi connectivity index (χ0) is 15.4. The van der Waals surface area contributed by atoms with Crippen LogP contribution in [0.4, 0.5) is 0 Å². The summed E-state index contributed by atoms with van der Waals surface area (Å²) in [5, 5.41) is 0. The molecule has 0 saturated heterocycles. The number of esters is 1. The SMILES string of the molecule is COc1cccc(OC)c1C(=O)OC1C[C@@H](C)C[C@H](C)C1. The van der Waals surface area contributed by atoms with Gasteiger partial charge in [-0.2, -0.15) is 0 Å². The Labute approximate surface area is 126 Å². The molecule has 4 nitrogen and oxygen atoms in total. The second kappa shape index (κ2) is 6.83. The van der Waals surface area contributed by atoms with Gasteiger partial charge in [0.2, 0.25) is 0 Å². The van der Waals surface area contributed by atoms with Crippen molar-refractivity contribution in [2.45, 2.75) is 39.2 Å². The van der Waals surface area contributed by atoms with E-state index < -0.39 is 0 Å². The maximum Gasteiger partial charge on any atom is 0.346 e. The van der Waals surface area contributed by atoms with Crippen molar-refractivity contribution in [3.05, 3.63) is 23.8 Å². The quantitative estimate of drug-likeness (QED) is 0.794. The van der Waals surface area contributed by atoms with Crippen LogP contribution in [0.15, 0.2) is 18.2 Å². The summed E-state index contributed by atoms with van der Waals surface area (Å²) in [4.78, 5) is 12.5. The Morgan fingerprint density at radius 2 is 1.52 bits per heavy atom. The molecule has 0 radical (unpaired) electrons. The molecule has 0 heterocycles. The minimum absolute atomic E-state index is 0.0223. The molecule has 1 fully saturated rings. The highest BCUT2D eigenvalue weighted by Crippen LogP contribution is 2.33. The number of hydrogen-bond acceptors (Lipinski definition) is 4. The van der Waals surface area contributed by atoms with Gasteiger partial charge in [-0.15, -0.1) is 0 Å². The lowest BCUT2D eigenvalue weighted by atomic mass is 9.82. The smallest absolute Gasteiger partial charge is 0.346 e. The molecular formula is C17H24O4. The lowest BCUT2D eigenvalue weighted by Crippen LogP contribution is -2.28. The van der Waals surface area contributed by atoms with Gasteiger partial charge in [0.15, 0.2) is 0 Å². The summed E-state index contributed by atoms with van der Waals surface area (Å²) in [5.41, 5.74) is 0.369. The van der Waals surface area contributed by atoms with Crippen LogP contribution in [-0.4, -0.2) is 26.3 Å². The number of carbonyl (C=O) groups is 1. The van der Waals surface area contributed by atoms with Gasteiger partial charge in [0.25, 0.3) is 0 Å². The monoisotopic (exact) mass is 292 g/mol. The predicted molar refractivity (Wildman–Crippen MR) is 80.9 cm³/mol. The van der Waals surface area contributed by atoms with Crippen molar-refractivity contribution in [2.75, 3.05) is 14.2 Å². The van der Waals surface area contributed by atoms with Crippen LogP contribution < -0.4 is 9.47 Å². The fourth-order valence-corrected chi connectivity index (χ4v) is 3.23. The van der Waals surface area contributed by atoms with Crippen molar-refractivity contribution < 1.29 is 19.0 Å². The van der Waals surface area contributed by atoms with Gasteiger partial charge in [-0.25, -0.2) is 4.79 Å². The lowest BCUT2D eigenvalue weighted by molar-refractivity contribution is 0.00749. The van der Waals surface area contributed by atoms with E-state index in [9.17, 15) is 4.79 Å². The fraction of sp³-hybridized carbons (Fsp3) is 0.588. The summed E-state index contributed by atoms with van der Waals surface area (Å²) in [6, 6.07) is 5.27. The molecule has 0 bridgehead atoms. The minimum atomic E-state index is -0.365. The van der Waals surface area contributed by atoms with Crippen molar-refractivity contribution in [3.8, 4) is 11.5 Å². The molecule has 1 aliphatic rings. The van der Waals surface area contributed by atoms with Crippen LogP contribution >= 0.6 is 0 Å². The van der Waals surface area contributed by atoms with Gasteiger partial charge in [-0.3, -0.25) is 0 Å². The molecule has 4 heteroatoms. The average molecular weight is 292 g/mol. The number of hydrogen-bond donors (Lipinski definition) is 0. The molecule has 116 valence electrons. The van der Waals surface area contributed by atoms with Gasteiger partial charge in [0.05, 0.1) is 14.2 Å². The third-order valence-corrected chi connectivity index (χ3v) is 4.04. The summed E-state index contributed by atoms with van der Waals surface area (Å²) >= 11 is 0. The number of methoxy groups -OCH3 is 2. The summed E-state index contributed by atoms with van der Waals surface area (Å²) in [6.45, 7) is 4.42. The van der Waals surface area contributed by atoms with Crippen LogP contribution in [-0.2, 0) is 4.74 Å². The van der Waals surface area contributed by atoms with E-state index in [1.54, 1.807) is 18.2 Å². The molecular weight excluding hydrogens is 268 g/mol. The van der Waals surface area contributed by atoms with Crippen LogP contribution in [0.3, 0.4) is 0 Å². The Bertz CT molecular complexity index is 465. The van der Waals surface area contributed by atoms with E-state index in [4.69, 9.17) is 14.2 Å². The summed E-state index contributed by atoms with van der Waals surface area (Å²) in [7, 11) is 3.08. The molecule has 1 aromatic carbocycles. The summed E-state index contributed by atoms with van der Waals surface area (Å²) in [6.07, 6.45) is 3.03. The van der Waals surface area contributed by atoms with Crippen LogP contribution in [0.25, 0.3) is 0 Å². The van der Waals surface area contributed by atoms with Crippen molar-refractivity contribution in [3.63, 3.8) is 0 Å². The van der Waals surface area contributed by atoms with Crippen molar-refractivity contribution in [1.82, 2.24) is 0 Å². The molecule has 0 aromatic heterocycles. The average Bonchev–Trinajstić information content (AvgIpc) is 2.45. The number of ether oxygens (including phenoxy) is 3. The molecule has 0 aliphatic heterocycles. The van der Waals surface area contributed by atoms with E-state index in [1.807, 2.05) is 0 Å². The van der Waals surface area contributed by atoms with Crippen LogP contribution in [0.5, 0.6) is 11.5 Å². The Morgan fingerprint density at radius 1 is 1.00 bits per heavy atom. The Kier molecular flexibility index (Phi) is 5.10. The molecule has 1 aliphatic carbocycles. The van der Waals surface area contributed by atoms with Gasteiger partial charge in [0, 0.05) is 0 Å². The fourth-order valence-electron chi connectivity index (χ4n) is 3.23. The first-order chi connectivity index (χ1) is 10.0. The largest absolute Gasteiger partial charge is 0.496 e. The van der Waals surface area contributed by atoms with E-state index in [1.165, 1.54) is 20.6 Å². The summed E-state index contributed by atoms with van der Waals surface area (Å²) < 4.78 is 16.2. The zero-order valence-corrected chi connectivity index (χ0v) is 13.2. The first-order valence-electron chi connectivity index (χ1n) is 7.47. The third-order valence-electron chi connectivity index (χ3n) is 4.04. The molecule has 21 heavy (non-hydrogen) atoms. The Balaban J connectivity index is 2.16. The molecule has 0 N–H and O–H groups in total. The van der Waals surface area contributed by atoms with E-state index in [2.05, 4.69) is 13.8 Å². The van der Waals surface area contributed by atoms with Gasteiger partial charge >= 0.3 is 5.97 Å². The van der Waals surface area contributed by atoms with Gasteiger partial charge in [-0.1, -0.05) is 19.9 Å². The second-order valence-electron chi connectivity index (χ2n) is 5.98. The highest BCUT2D eigenvalue weighted by Gasteiger charge is 2.29. The molecule has 1 aromatic rings. The first kappa shape index (κ1) is 15.7. The molecule has 2 rings (SSSR count). The van der Waals surface area contributed by atoms with Crippen molar-refractivity contribution in [1.29, 1.82) is 0 Å². The van der Waals surface area contributed by atoms with E-state index in [0.29, 0.717) is 28.9 Å². The van der Waals surface area contributed by atoms with Crippen LogP contribution in [0.1, 0.15) is 43.5 Å². The van der Waals surface area contributed by atoms with Crippen LogP contribution in [0.2, 0.25) is 0 Å². The predicted octanol–water partition coefficient (Wildman–Crippen LogP) is 3.69. The number of carbonyl (C=O) groups excluding carboxylic acids is 1. The van der Waals surface area contributed by atoms with E-state index >= 15 is 0 Å². The highest BCUT2D eigenvalue weighted by molar-refractivity contribution is 5.95. The molecule has 0 amide bonds. The molecule has 0 spiro atoms. The van der Waals surface area contributed by atoms with Gasteiger partial charge < -0.3 is 14.2 Å². The first-order valence-corrected chi connectivity index (χ1v) is 7.47. The normalized spacial score (nSPS) is 25.2. The maximum atomic E-state index is 12.5. The van der Waals surface area contributed by atoms with Crippen LogP contribution in [0, 0.1) is 11.8 Å². The van der Waals surface area contributed by atoms with Gasteiger partial charge in [0.1, 0.15) is 23.2 Å². The Morgan fingerprint density at radius 3 is 2.00 bits per heavy atom. The molecule has 0 unspecified atom stereocenters. The Hall–Kier alpha value is -1.71. The standard InChI is InChI=1S/C17H24O4/c1-11-8-12(2)10-13(9-11)21-17(18)16-14(19-3)6-5-7-15(16)20-4/h5-7,11-13H,8-10H2,1-4H3/t11-,12-/m0/s1.